The lowest BCUT2D eigenvalue weighted by Crippen LogP contribution is -2.44. The van der Waals surface area contributed by atoms with Gasteiger partial charge in [0.05, 0.1) is 19.3 Å². The molecule has 1 atom stereocenters. The minimum absolute atomic E-state index is 0.0536. The van der Waals surface area contributed by atoms with E-state index in [-0.39, 0.29) is 17.4 Å². The highest BCUT2D eigenvalue weighted by molar-refractivity contribution is 7.07. The summed E-state index contributed by atoms with van der Waals surface area (Å²) in [6.45, 7) is 5.62. The molecule has 0 spiro atoms. The number of rotatable bonds is 4. The Morgan fingerprint density at radius 3 is 3.06 bits per heavy atom. The molecule has 2 rings (SSSR count). The predicted molar refractivity (Wildman–Crippen MR) is 69.2 cm³/mol. The first kappa shape index (κ1) is 12.6. The molecule has 1 aliphatic heterocycles. The van der Waals surface area contributed by atoms with Crippen molar-refractivity contribution in [1.29, 1.82) is 0 Å². The van der Waals surface area contributed by atoms with Crippen LogP contribution in [0.5, 0.6) is 0 Å². The molecule has 1 aliphatic rings. The topological polar surface area (TPSA) is 38.3 Å². The summed E-state index contributed by atoms with van der Waals surface area (Å²) < 4.78 is 5.41. The molecule has 0 radical (unpaired) electrons. The van der Waals surface area contributed by atoms with Gasteiger partial charge in [0.1, 0.15) is 0 Å². The molecule has 0 saturated carbocycles. The molecular weight excluding hydrogens is 234 g/mol. The fourth-order valence-corrected chi connectivity index (χ4v) is 2.67. The quantitative estimate of drug-likeness (QED) is 0.893. The van der Waals surface area contributed by atoms with Crippen LogP contribution >= 0.6 is 11.3 Å². The van der Waals surface area contributed by atoms with Crippen LogP contribution in [0.15, 0.2) is 16.8 Å². The van der Waals surface area contributed by atoms with Gasteiger partial charge in [-0.2, -0.15) is 11.3 Å². The molecule has 1 unspecified atom stereocenters. The van der Waals surface area contributed by atoms with Gasteiger partial charge >= 0.3 is 0 Å². The van der Waals surface area contributed by atoms with Crippen molar-refractivity contribution in [1.82, 2.24) is 5.32 Å². The number of aryl methyl sites for hydroxylation is 1. The van der Waals surface area contributed by atoms with E-state index < -0.39 is 0 Å². The van der Waals surface area contributed by atoms with Crippen LogP contribution in [0, 0.1) is 5.41 Å². The van der Waals surface area contributed by atoms with Gasteiger partial charge in [-0.05, 0) is 28.8 Å². The number of ether oxygens (including phenoxy) is 1. The Labute approximate surface area is 106 Å². The van der Waals surface area contributed by atoms with Crippen LogP contribution in [0.1, 0.15) is 25.8 Å². The van der Waals surface area contributed by atoms with E-state index in [1.807, 2.05) is 5.38 Å². The smallest absolute Gasteiger partial charge is 0.220 e. The third-order valence-electron chi connectivity index (χ3n) is 3.26. The second-order valence-electron chi connectivity index (χ2n) is 5.26. The third kappa shape index (κ3) is 3.30. The Hall–Kier alpha value is -0.870. The van der Waals surface area contributed by atoms with Gasteiger partial charge in [0.2, 0.25) is 5.91 Å². The predicted octanol–water partition coefficient (Wildman–Crippen LogP) is 2.22. The number of carbonyl (C=O) groups excluding carboxylic acids is 1. The number of hydrogen-bond donors (Lipinski definition) is 1. The van der Waals surface area contributed by atoms with Gasteiger partial charge in [-0.1, -0.05) is 13.8 Å². The van der Waals surface area contributed by atoms with E-state index >= 15 is 0 Å². The van der Waals surface area contributed by atoms with Crippen LogP contribution < -0.4 is 5.32 Å². The molecule has 1 amide bonds. The van der Waals surface area contributed by atoms with Gasteiger partial charge in [-0.15, -0.1) is 0 Å². The molecule has 1 fully saturated rings. The Kier molecular flexibility index (Phi) is 3.84. The van der Waals surface area contributed by atoms with E-state index in [0.29, 0.717) is 13.0 Å². The second kappa shape index (κ2) is 5.19. The Morgan fingerprint density at radius 1 is 1.65 bits per heavy atom. The van der Waals surface area contributed by atoms with Crippen LogP contribution in [0.25, 0.3) is 0 Å². The first-order valence-electron chi connectivity index (χ1n) is 5.96. The largest absolute Gasteiger partial charge is 0.379 e. The number of thiophene rings is 1. The van der Waals surface area contributed by atoms with Crippen LogP contribution in [-0.2, 0) is 16.0 Å². The molecule has 2 heterocycles. The molecule has 0 aromatic carbocycles. The molecule has 0 aliphatic carbocycles. The summed E-state index contributed by atoms with van der Waals surface area (Å²) >= 11 is 1.67. The fourth-order valence-electron chi connectivity index (χ4n) is 1.96. The maximum atomic E-state index is 11.8. The highest BCUT2D eigenvalue weighted by Gasteiger charge is 2.36. The van der Waals surface area contributed by atoms with Gasteiger partial charge < -0.3 is 10.1 Å². The molecule has 1 aromatic heterocycles. The maximum absolute atomic E-state index is 11.8. The number of amides is 1. The van der Waals surface area contributed by atoms with Crippen molar-refractivity contribution in [2.24, 2.45) is 5.41 Å². The Balaban J connectivity index is 1.77. The monoisotopic (exact) mass is 253 g/mol. The lowest BCUT2D eigenvalue weighted by molar-refractivity contribution is -0.122. The Bertz CT molecular complexity index is 373. The van der Waals surface area contributed by atoms with E-state index in [0.717, 1.165) is 13.0 Å². The van der Waals surface area contributed by atoms with Crippen LogP contribution in [0.4, 0.5) is 0 Å². The average molecular weight is 253 g/mol. The molecular formula is C13H19NO2S. The zero-order valence-electron chi connectivity index (χ0n) is 10.4. The first-order valence-corrected chi connectivity index (χ1v) is 6.90. The standard InChI is InChI=1S/C13H19NO2S/c1-13(2)9-16-7-11(13)14-12(15)4-3-10-5-6-17-8-10/h5-6,8,11H,3-4,7,9H2,1-2H3,(H,14,15). The van der Waals surface area contributed by atoms with Crippen molar-refractivity contribution in [3.8, 4) is 0 Å². The molecule has 1 N–H and O–H groups in total. The van der Waals surface area contributed by atoms with E-state index in [9.17, 15) is 4.79 Å². The van der Waals surface area contributed by atoms with Crippen LogP contribution in [0.2, 0.25) is 0 Å². The van der Waals surface area contributed by atoms with Gasteiger partial charge in [0.15, 0.2) is 0 Å². The highest BCUT2D eigenvalue weighted by atomic mass is 32.1. The van der Waals surface area contributed by atoms with E-state index in [4.69, 9.17) is 4.74 Å². The van der Waals surface area contributed by atoms with Crippen molar-refractivity contribution in [3.05, 3.63) is 22.4 Å². The molecule has 4 heteroatoms. The highest BCUT2D eigenvalue weighted by Crippen LogP contribution is 2.27. The summed E-state index contributed by atoms with van der Waals surface area (Å²) in [6, 6.07) is 2.22. The minimum atomic E-state index is 0.0536. The lowest BCUT2D eigenvalue weighted by atomic mass is 9.88. The summed E-state index contributed by atoms with van der Waals surface area (Å²) in [5.41, 5.74) is 1.30. The summed E-state index contributed by atoms with van der Waals surface area (Å²) in [5, 5.41) is 7.21. The molecule has 1 aromatic rings. The summed E-state index contributed by atoms with van der Waals surface area (Å²) in [4.78, 5) is 11.8. The van der Waals surface area contributed by atoms with Crippen molar-refractivity contribution >= 4 is 17.2 Å². The van der Waals surface area contributed by atoms with Crippen molar-refractivity contribution in [3.63, 3.8) is 0 Å². The zero-order chi connectivity index (χ0) is 12.3. The SMILES string of the molecule is CC1(C)COCC1NC(=O)CCc1ccsc1. The van der Waals surface area contributed by atoms with Crippen molar-refractivity contribution < 1.29 is 9.53 Å². The fraction of sp³-hybridized carbons (Fsp3) is 0.615. The molecule has 94 valence electrons. The van der Waals surface area contributed by atoms with Gasteiger partial charge in [0, 0.05) is 11.8 Å². The summed E-state index contributed by atoms with van der Waals surface area (Å²) in [5.74, 6) is 0.125. The van der Waals surface area contributed by atoms with E-state index in [1.54, 1.807) is 11.3 Å². The van der Waals surface area contributed by atoms with Crippen LogP contribution in [-0.4, -0.2) is 25.2 Å². The van der Waals surface area contributed by atoms with Gasteiger partial charge in [-0.25, -0.2) is 0 Å². The minimum Gasteiger partial charge on any atom is -0.379 e. The van der Waals surface area contributed by atoms with Gasteiger partial charge in [0.25, 0.3) is 0 Å². The second-order valence-corrected chi connectivity index (χ2v) is 6.04. The molecule has 3 nitrogen and oxygen atoms in total. The Morgan fingerprint density at radius 2 is 2.47 bits per heavy atom. The first-order chi connectivity index (χ1) is 8.08. The zero-order valence-corrected chi connectivity index (χ0v) is 11.2. The summed E-state index contributed by atoms with van der Waals surface area (Å²) in [6.07, 6.45) is 1.38. The van der Waals surface area contributed by atoms with Crippen molar-refractivity contribution in [2.75, 3.05) is 13.2 Å². The number of nitrogens with one attached hydrogen (secondary N) is 1. The van der Waals surface area contributed by atoms with Crippen LogP contribution in [0.3, 0.4) is 0 Å². The molecule has 17 heavy (non-hydrogen) atoms. The lowest BCUT2D eigenvalue weighted by Gasteiger charge is -2.25. The van der Waals surface area contributed by atoms with Crippen molar-refractivity contribution in [2.45, 2.75) is 32.7 Å². The molecule has 1 saturated heterocycles. The van der Waals surface area contributed by atoms with Gasteiger partial charge in [-0.3, -0.25) is 4.79 Å². The normalized spacial score (nSPS) is 22.6. The maximum Gasteiger partial charge on any atom is 0.220 e. The molecule has 0 bridgehead atoms. The number of carbonyl (C=O) groups is 1. The van der Waals surface area contributed by atoms with E-state index in [2.05, 4.69) is 30.6 Å². The third-order valence-corrected chi connectivity index (χ3v) is 3.99. The average Bonchev–Trinajstić information content (AvgIpc) is 2.86. The number of hydrogen-bond acceptors (Lipinski definition) is 3. The summed E-state index contributed by atoms with van der Waals surface area (Å²) in [7, 11) is 0. The van der Waals surface area contributed by atoms with E-state index in [1.165, 1.54) is 5.56 Å².